The van der Waals surface area contributed by atoms with Crippen LogP contribution in [-0.4, -0.2) is 60.5 Å². The molecule has 0 radical (unpaired) electrons. The highest BCUT2D eigenvalue weighted by Gasteiger charge is 2.31. The van der Waals surface area contributed by atoms with Gasteiger partial charge in [0.1, 0.15) is 17.4 Å². The molecule has 1 fully saturated rings. The minimum atomic E-state index is -0.852. The number of hydrogen-bond donors (Lipinski definition) is 1. The summed E-state index contributed by atoms with van der Waals surface area (Å²) in [6.07, 6.45) is -0.0860. The molecule has 2 aromatic rings. The number of ketones is 1. The fourth-order valence-corrected chi connectivity index (χ4v) is 4.67. The summed E-state index contributed by atoms with van der Waals surface area (Å²) in [5.41, 5.74) is 1.99. The fourth-order valence-electron chi connectivity index (χ4n) is 4.18. The van der Waals surface area contributed by atoms with Crippen LogP contribution >= 0.6 is 23.2 Å². The Morgan fingerprint density at radius 1 is 1.00 bits per heavy atom. The summed E-state index contributed by atoms with van der Waals surface area (Å²) in [6, 6.07) is 12.1. The molecule has 194 valence electrons. The molecule has 1 N–H and O–H groups in total. The van der Waals surface area contributed by atoms with Crippen molar-refractivity contribution in [2.75, 3.05) is 31.1 Å². The monoisotopic (exact) mass is 533 g/mol. The molecule has 0 aliphatic carbocycles. The number of halogens is 2. The Morgan fingerprint density at radius 3 is 2.28 bits per heavy atom. The zero-order chi connectivity index (χ0) is 26.5. The lowest BCUT2D eigenvalue weighted by molar-refractivity contribution is -0.133. The van der Waals surface area contributed by atoms with Crippen LogP contribution in [-0.2, 0) is 27.2 Å². The highest BCUT2D eigenvalue weighted by Crippen LogP contribution is 2.25. The second kappa shape index (κ2) is 12.0. The number of alkyl carbamates (subject to hydrolysis) is 1. The largest absolute Gasteiger partial charge is 0.444 e. The van der Waals surface area contributed by atoms with Gasteiger partial charge in [0.05, 0.1) is 0 Å². The normalized spacial score (nSPS) is 14.8. The molecule has 3 rings (SSSR count). The van der Waals surface area contributed by atoms with Gasteiger partial charge in [-0.15, -0.1) is 0 Å². The Bertz CT molecular complexity index is 1110. The molecule has 2 amide bonds. The predicted molar refractivity (Wildman–Crippen MR) is 143 cm³/mol. The van der Waals surface area contributed by atoms with Crippen LogP contribution in [0.5, 0.6) is 0 Å². The first-order valence-electron chi connectivity index (χ1n) is 12.0. The summed E-state index contributed by atoms with van der Waals surface area (Å²) in [5.74, 6) is -0.100. The third-order valence-corrected chi connectivity index (χ3v) is 6.38. The molecule has 1 atom stereocenters. The van der Waals surface area contributed by atoms with Crippen molar-refractivity contribution in [3.05, 3.63) is 63.6 Å². The topological polar surface area (TPSA) is 79.0 Å². The van der Waals surface area contributed by atoms with Gasteiger partial charge in [-0.1, -0.05) is 47.5 Å². The minimum Gasteiger partial charge on any atom is -0.444 e. The van der Waals surface area contributed by atoms with Crippen molar-refractivity contribution in [3.63, 3.8) is 0 Å². The van der Waals surface area contributed by atoms with Crippen molar-refractivity contribution in [2.24, 2.45) is 0 Å². The summed E-state index contributed by atoms with van der Waals surface area (Å²) in [7, 11) is 0. The Hall–Kier alpha value is -2.77. The second-order valence-electron chi connectivity index (χ2n) is 9.96. The number of nitrogens with one attached hydrogen (secondary N) is 1. The van der Waals surface area contributed by atoms with E-state index >= 15 is 0 Å². The average Bonchev–Trinajstić information content (AvgIpc) is 2.79. The third-order valence-electron chi connectivity index (χ3n) is 5.79. The minimum absolute atomic E-state index is 0.105. The number of anilines is 1. The van der Waals surface area contributed by atoms with Gasteiger partial charge < -0.3 is 19.9 Å². The van der Waals surface area contributed by atoms with E-state index in [1.54, 1.807) is 50.8 Å². The van der Waals surface area contributed by atoms with Crippen molar-refractivity contribution in [1.29, 1.82) is 0 Å². The van der Waals surface area contributed by atoms with Crippen molar-refractivity contribution in [2.45, 2.75) is 52.2 Å². The Kier molecular flexibility index (Phi) is 9.25. The number of para-hydroxylation sites is 1. The lowest BCUT2D eigenvalue weighted by atomic mass is 10.0. The van der Waals surface area contributed by atoms with E-state index in [4.69, 9.17) is 27.9 Å². The average molecular weight is 534 g/mol. The van der Waals surface area contributed by atoms with Gasteiger partial charge in [-0.25, -0.2) is 4.79 Å². The quantitative estimate of drug-likeness (QED) is 0.546. The first-order chi connectivity index (χ1) is 16.9. The number of amides is 2. The van der Waals surface area contributed by atoms with Gasteiger partial charge in [-0.3, -0.25) is 9.59 Å². The van der Waals surface area contributed by atoms with Crippen LogP contribution in [0.2, 0.25) is 10.0 Å². The van der Waals surface area contributed by atoms with Gasteiger partial charge in [-0.05, 0) is 57.0 Å². The summed E-state index contributed by atoms with van der Waals surface area (Å²) < 4.78 is 5.40. The van der Waals surface area contributed by atoms with Crippen molar-refractivity contribution < 1.29 is 19.1 Å². The first kappa shape index (κ1) is 27.8. The molecule has 0 aromatic heterocycles. The highest BCUT2D eigenvalue weighted by molar-refractivity contribution is 6.35. The van der Waals surface area contributed by atoms with Crippen LogP contribution in [0.1, 0.15) is 38.8 Å². The van der Waals surface area contributed by atoms with Gasteiger partial charge in [-0.2, -0.15) is 0 Å². The Morgan fingerprint density at radius 2 is 1.67 bits per heavy atom. The maximum Gasteiger partial charge on any atom is 0.408 e. The highest BCUT2D eigenvalue weighted by atomic mass is 35.5. The molecule has 0 unspecified atom stereocenters. The summed E-state index contributed by atoms with van der Waals surface area (Å²) >= 11 is 12.4. The maximum atomic E-state index is 13.6. The van der Waals surface area contributed by atoms with Crippen molar-refractivity contribution in [1.82, 2.24) is 10.2 Å². The SMILES string of the molecule is CC(=O)Cc1ccccc1N1CCN(C(=O)[C@@H](Cc2ccc(Cl)cc2Cl)NC(=O)OC(C)(C)C)CC1. The molecule has 9 heteroatoms. The van der Waals surface area contributed by atoms with Crippen LogP contribution in [0.4, 0.5) is 10.5 Å². The predicted octanol–water partition coefficient (Wildman–Crippen LogP) is 4.91. The number of ether oxygens (including phenoxy) is 1. The van der Waals surface area contributed by atoms with Gasteiger partial charge in [0.15, 0.2) is 0 Å². The zero-order valence-corrected chi connectivity index (χ0v) is 22.7. The number of Topliss-reactive ketones (excluding diaryl/α,β-unsaturated/α-hetero) is 1. The second-order valence-corrected chi connectivity index (χ2v) is 10.8. The van der Waals surface area contributed by atoms with E-state index in [-0.39, 0.29) is 18.1 Å². The van der Waals surface area contributed by atoms with E-state index in [0.717, 1.165) is 11.3 Å². The van der Waals surface area contributed by atoms with Crippen LogP contribution in [0.15, 0.2) is 42.5 Å². The Balaban J connectivity index is 1.73. The van der Waals surface area contributed by atoms with Gasteiger partial charge in [0.2, 0.25) is 5.91 Å². The smallest absolute Gasteiger partial charge is 0.408 e. The molecule has 0 bridgehead atoms. The van der Waals surface area contributed by atoms with E-state index in [0.29, 0.717) is 48.2 Å². The molecule has 0 spiro atoms. The molecule has 1 heterocycles. The van der Waals surface area contributed by atoms with Crippen LogP contribution in [0.25, 0.3) is 0 Å². The molecular weight excluding hydrogens is 501 g/mol. The lowest BCUT2D eigenvalue weighted by Crippen LogP contribution is -2.56. The summed E-state index contributed by atoms with van der Waals surface area (Å²) in [6.45, 7) is 9.07. The summed E-state index contributed by atoms with van der Waals surface area (Å²) in [4.78, 5) is 41.7. The van der Waals surface area contributed by atoms with E-state index in [2.05, 4.69) is 10.2 Å². The molecule has 1 aliphatic rings. The van der Waals surface area contributed by atoms with E-state index in [9.17, 15) is 14.4 Å². The van der Waals surface area contributed by atoms with Gasteiger partial charge in [0.25, 0.3) is 0 Å². The van der Waals surface area contributed by atoms with E-state index in [1.807, 2.05) is 24.3 Å². The molecule has 7 nitrogen and oxygen atoms in total. The molecule has 36 heavy (non-hydrogen) atoms. The first-order valence-corrected chi connectivity index (χ1v) is 12.7. The molecule has 1 saturated heterocycles. The van der Waals surface area contributed by atoms with Crippen LogP contribution in [0.3, 0.4) is 0 Å². The molecule has 1 aliphatic heterocycles. The van der Waals surface area contributed by atoms with Crippen LogP contribution < -0.4 is 10.2 Å². The van der Waals surface area contributed by atoms with E-state index < -0.39 is 17.7 Å². The summed E-state index contributed by atoms with van der Waals surface area (Å²) in [5, 5.41) is 3.66. The fraction of sp³-hybridized carbons (Fsp3) is 0.444. The van der Waals surface area contributed by atoms with Crippen LogP contribution in [0, 0.1) is 0 Å². The van der Waals surface area contributed by atoms with Gasteiger partial charge in [0, 0.05) is 54.8 Å². The number of hydrogen-bond acceptors (Lipinski definition) is 5. The van der Waals surface area contributed by atoms with Gasteiger partial charge >= 0.3 is 6.09 Å². The lowest BCUT2D eigenvalue weighted by Gasteiger charge is -2.38. The number of nitrogens with zero attached hydrogens (tertiary/aromatic N) is 2. The number of benzene rings is 2. The number of carbonyl (C=O) groups excluding carboxylic acids is 3. The number of rotatable bonds is 7. The standard InChI is InChI=1S/C27H33Cl2N3O4/c1-18(33)15-20-7-5-6-8-24(20)31-11-13-32(14-12-31)25(34)23(30-26(35)36-27(2,3)4)16-19-9-10-21(28)17-22(19)29/h5-10,17,23H,11-16H2,1-4H3,(H,30,35)/t23-/m1/s1. The molecule has 2 aromatic carbocycles. The van der Waals surface area contributed by atoms with E-state index in [1.165, 1.54) is 0 Å². The van der Waals surface area contributed by atoms with Crippen molar-refractivity contribution in [3.8, 4) is 0 Å². The molecule has 0 saturated carbocycles. The number of piperazine rings is 1. The Labute approximate surface area is 222 Å². The zero-order valence-electron chi connectivity index (χ0n) is 21.1. The molecular formula is C27H33Cl2N3O4. The maximum absolute atomic E-state index is 13.6. The van der Waals surface area contributed by atoms with Crippen molar-refractivity contribution >= 4 is 46.7 Å². The third kappa shape index (κ3) is 7.87. The number of carbonyl (C=O) groups is 3.